The second-order valence-corrected chi connectivity index (χ2v) is 4.89. The number of hydrogen-bond donors (Lipinski definition) is 1. The van der Waals surface area contributed by atoms with E-state index in [0.717, 1.165) is 31.7 Å². The fraction of sp³-hybridized carbons (Fsp3) is 0.533. The number of piperazine rings is 1. The molecule has 1 fully saturated rings. The van der Waals surface area contributed by atoms with Crippen LogP contribution in [0.4, 0.5) is 0 Å². The Kier molecular flexibility index (Phi) is 5.41. The Morgan fingerprint density at radius 3 is 2.48 bits per heavy atom. The molecule has 116 valence electrons. The first kappa shape index (κ1) is 15.6. The first-order chi connectivity index (χ1) is 10.2. The Bertz CT molecular complexity index is 499. The molecule has 6 heteroatoms. The lowest BCUT2D eigenvalue weighted by atomic mass is 10.1. The maximum absolute atomic E-state index is 11.8. The van der Waals surface area contributed by atoms with Crippen LogP contribution in [0.3, 0.4) is 0 Å². The highest BCUT2D eigenvalue weighted by Gasteiger charge is 2.19. The summed E-state index contributed by atoms with van der Waals surface area (Å²) in [7, 11) is 4.54. The highest BCUT2D eigenvalue weighted by Crippen LogP contribution is 2.33. The van der Waals surface area contributed by atoms with Crippen molar-refractivity contribution in [1.29, 1.82) is 0 Å². The zero-order valence-corrected chi connectivity index (χ0v) is 12.8. The van der Waals surface area contributed by atoms with E-state index in [9.17, 15) is 4.79 Å². The van der Waals surface area contributed by atoms with Gasteiger partial charge in [-0.25, -0.2) is 4.79 Å². The number of rotatable bonds is 5. The molecule has 0 unspecified atom stereocenters. The van der Waals surface area contributed by atoms with Gasteiger partial charge in [-0.2, -0.15) is 0 Å². The summed E-state index contributed by atoms with van der Waals surface area (Å²) in [6.07, 6.45) is 0. The van der Waals surface area contributed by atoms with Crippen LogP contribution in [0.15, 0.2) is 12.1 Å². The fourth-order valence-corrected chi connectivity index (χ4v) is 2.51. The smallest absolute Gasteiger partial charge is 0.337 e. The number of benzene rings is 1. The minimum absolute atomic E-state index is 0.377. The summed E-state index contributed by atoms with van der Waals surface area (Å²) >= 11 is 0. The van der Waals surface area contributed by atoms with Crippen LogP contribution in [0.1, 0.15) is 15.9 Å². The molecule has 0 radical (unpaired) electrons. The van der Waals surface area contributed by atoms with E-state index >= 15 is 0 Å². The summed E-state index contributed by atoms with van der Waals surface area (Å²) in [5.74, 6) is 0.840. The molecule has 1 heterocycles. The van der Waals surface area contributed by atoms with Crippen LogP contribution in [-0.4, -0.2) is 58.4 Å². The Balaban J connectivity index is 2.33. The fourth-order valence-electron chi connectivity index (χ4n) is 2.51. The third kappa shape index (κ3) is 3.65. The maximum Gasteiger partial charge on any atom is 0.337 e. The van der Waals surface area contributed by atoms with Gasteiger partial charge in [-0.05, 0) is 12.1 Å². The van der Waals surface area contributed by atoms with E-state index in [1.807, 2.05) is 6.07 Å². The average molecular weight is 294 g/mol. The molecule has 0 atom stereocenters. The lowest BCUT2D eigenvalue weighted by Gasteiger charge is -2.28. The SMILES string of the molecule is COC(=O)c1cc(CN2CCNCC2)c(OC)c(OC)c1. The molecule has 1 N–H and O–H groups in total. The molecule has 1 aromatic rings. The van der Waals surface area contributed by atoms with Crippen LogP contribution < -0.4 is 14.8 Å². The Labute approximate surface area is 125 Å². The Morgan fingerprint density at radius 2 is 1.90 bits per heavy atom. The minimum atomic E-state index is -0.377. The van der Waals surface area contributed by atoms with Gasteiger partial charge < -0.3 is 19.5 Å². The number of carbonyl (C=O) groups excluding carboxylic acids is 1. The predicted molar refractivity (Wildman–Crippen MR) is 79.0 cm³/mol. The van der Waals surface area contributed by atoms with Crippen molar-refractivity contribution in [3.8, 4) is 11.5 Å². The van der Waals surface area contributed by atoms with Crippen molar-refractivity contribution < 1.29 is 19.0 Å². The van der Waals surface area contributed by atoms with E-state index < -0.39 is 0 Å². The topological polar surface area (TPSA) is 60.0 Å². The van der Waals surface area contributed by atoms with Gasteiger partial charge in [-0.1, -0.05) is 0 Å². The molecule has 0 saturated carbocycles. The molecular weight excluding hydrogens is 272 g/mol. The molecule has 21 heavy (non-hydrogen) atoms. The van der Waals surface area contributed by atoms with Crippen molar-refractivity contribution in [3.63, 3.8) is 0 Å². The average Bonchev–Trinajstić information content (AvgIpc) is 2.54. The van der Waals surface area contributed by atoms with Gasteiger partial charge in [0.15, 0.2) is 11.5 Å². The van der Waals surface area contributed by atoms with Gasteiger partial charge in [0.2, 0.25) is 0 Å². The summed E-state index contributed by atoms with van der Waals surface area (Å²) in [6.45, 7) is 4.58. The van der Waals surface area contributed by atoms with Crippen molar-refractivity contribution in [2.45, 2.75) is 6.54 Å². The van der Waals surface area contributed by atoms with Crippen molar-refractivity contribution in [2.75, 3.05) is 47.5 Å². The van der Waals surface area contributed by atoms with Gasteiger partial charge in [-0.15, -0.1) is 0 Å². The largest absolute Gasteiger partial charge is 0.493 e. The van der Waals surface area contributed by atoms with Crippen LogP contribution in [0.25, 0.3) is 0 Å². The number of nitrogens with zero attached hydrogens (tertiary/aromatic N) is 1. The summed E-state index contributed by atoms with van der Waals surface area (Å²) in [5, 5.41) is 3.32. The van der Waals surface area contributed by atoms with Crippen molar-refractivity contribution in [2.24, 2.45) is 0 Å². The van der Waals surface area contributed by atoms with Crippen molar-refractivity contribution in [1.82, 2.24) is 10.2 Å². The Morgan fingerprint density at radius 1 is 1.19 bits per heavy atom. The second-order valence-electron chi connectivity index (χ2n) is 4.89. The van der Waals surface area contributed by atoms with Crippen LogP contribution in [0.2, 0.25) is 0 Å². The van der Waals surface area contributed by atoms with Crippen LogP contribution in [0, 0.1) is 0 Å². The molecule has 2 rings (SSSR count). The third-order valence-corrected chi connectivity index (χ3v) is 3.58. The second kappa shape index (κ2) is 7.28. The number of nitrogens with one attached hydrogen (secondary N) is 1. The molecule has 0 aromatic heterocycles. The molecule has 0 bridgehead atoms. The molecular formula is C15H22N2O4. The molecule has 0 amide bonds. The predicted octanol–water partition coefficient (Wildman–Crippen LogP) is 0.896. The number of carbonyl (C=O) groups is 1. The first-order valence-corrected chi connectivity index (χ1v) is 6.96. The molecule has 1 aliphatic heterocycles. The monoisotopic (exact) mass is 294 g/mol. The normalized spacial score (nSPS) is 15.6. The summed E-state index contributed by atoms with van der Waals surface area (Å²) in [6, 6.07) is 3.46. The minimum Gasteiger partial charge on any atom is -0.493 e. The molecule has 1 aromatic carbocycles. The Hall–Kier alpha value is -1.79. The lowest BCUT2D eigenvalue weighted by molar-refractivity contribution is 0.0600. The molecule has 0 spiro atoms. The van der Waals surface area contributed by atoms with Gasteiger partial charge in [0.05, 0.1) is 26.9 Å². The van der Waals surface area contributed by atoms with Crippen LogP contribution >= 0.6 is 0 Å². The first-order valence-electron chi connectivity index (χ1n) is 6.96. The zero-order chi connectivity index (χ0) is 15.2. The van der Waals surface area contributed by atoms with Crippen LogP contribution in [0.5, 0.6) is 11.5 Å². The van der Waals surface area contributed by atoms with Crippen LogP contribution in [-0.2, 0) is 11.3 Å². The van der Waals surface area contributed by atoms with Gasteiger partial charge in [0.25, 0.3) is 0 Å². The van der Waals surface area contributed by atoms with Gasteiger partial charge in [0, 0.05) is 38.3 Å². The van der Waals surface area contributed by atoms with E-state index in [2.05, 4.69) is 10.2 Å². The standard InChI is InChI=1S/C15H22N2O4/c1-19-13-9-11(15(18)21-3)8-12(14(13)20-2)10-17-6-4-16-5-7-17/h8-9,16H,4-7,10H2,1-3H3. The van der Waals surface area contributed by atoms with E-state index in [1.165, 1.54) is 7.11 Å². The van der Waals surface area contributed by atoms with Gasteiger partial charge in [-0.3, -0.25) is 4.90 Å². The molecule has 0 aliphatic carbocycles. The third-order valence-electron chi connectivity index (χ3n) is 3.58. The summed E-state index contributed by atoms with van der Waals surface area (Å²) in [5.41, 5.74) is 1.40. The van der Waals surface area contributed by atoms with E-state index in [-0.39, 0.29) is 5.97 Å². The van der Waals surface area contributed by atoms with E-state index in [4.69, 9.17) is 14.2 Å². The van der Waals surface area contributed by atoms with E-state index in [1.54, 1.807) is 20.3 Å². The lowest BCUT2D eigenvalue weighted by Crippen LogP contribution is -2.42. The number of hydrogen-bond acceptors (Lipinski definition) is 6. The maximum atomic E-state index is 11.8. The van der Waals surface area contributed by atoms with Crippen molar-refractivity contribution >= 4 is 5.97 Å². The number of esters is 1. The molecule has 6 nitrogen and oxygen atoms in total. The number of methoxy groups -OCH3 is 3. The van der Waals surface area contributed by atoms with Gasteiger partial charge >= 0.3 is 5.97 Å². The molecule has 1 aliphatic rings. The molecule has 1 saturated heterocycles. The highest BCUT2D eigenvalue weighted by atomic mass is 16.5. The van der Waals surface area contributed by atoms with Crippen molar-refractivity contribution in [3.05, 3.63) is 23.3 Å². The summed E-state index contributed by atoms with van der Waals surface area (Å²) < 4.78 is 15.6. The van der Waals surface area contributed by atoms with Gasteiger partial charge in [0.1, 0.15) is 0 Å². The highest BCUT2D eigenvalue weighted by molar-refractivity contribution is 5.90. The number of ether oxygens (including phenoxy) is 3. The van der Waals surface area contributed by atoms with E-state index in [0.29, 0.717) is 23.6 Å². The quantitative estimate of drug-likeness (QED) is 0.814. The summed E-state index contributed by atoms with van der Waals surface area (Å²) in [4.78, 5) is 14.1. The zero-order valence-electron chi connectivity index (χ0n) is 12.8.